The van der Waals surface area contributed by atoms with Crippen LogP contribution in [0.3, 0.4) is 0 Å². The highest BCUT2D eigenvalue weighted by atomic mass is 16.2. The van der Waals surface area contributed by atoms with Crippen LogP contribution in [0.25, 0.3) is 0 Å². The molecule has 0 aromatic heterocycles. The molecule has 2 heterocycles. The van der Waals surface area contributed by atoms with Gasteiger partial charge in [-0.25, -0.2) is 0 Å². The number of hydrogen-bond acceptors (Lipinski definition) is 5. The van der Waals surface area contributed by atoms with Crippen molar-refractivity contribution in [2.24, 2.45) is 5.73 Å². The van der Waals surface area contributed by atoms with Crippen molar-refractivity contribution >= 4 is 23.6 Å². The van der Waals surface area contributed by atoms with Crippen LogP contribution in [0.4, 0.5) is 0 Å². The Morgan fingerprint density at radius 1 is 1.25 bits per heavy atom. The standard InChI is InChI=1S/C9H11N3O4/c10-4-3-7(14)12(9(4)16)5-1-2-6(13)11-8(5)15/h4-5H,1-3,10H2,(H,11,13,15). The second-order valence-electron chi connectivity index (χ2n) is 3.88. The molecule has 2 aliphatic rings. The molecule has 2 rings (SSSR count). The minimum absolute atomic E-state index is 0.0729. The topological polar surface area (TPSA) is 110 Å². The minimum atomic E-state index is -0.883. The molecule has 0 radical (unpaired) electrons. The number of nitrogens with one attached hydrogen (secondary N) is 1. The van der Waals surface area contributed by atoms with Gasteiger partial charge in [0.15, 0.2) is 0 Å². The Kier molecular flexibility index (Phi) is 2.47. The van der Waals surface area contributed by atoms with Crippen molar-refractivity contribution in [2.75, 3.05) is 0 Å². The summed E-state index contributed by atoms with van der Waals surface area (Å²) in [5, 5.41) is 2.10. The van der Waals surface area contributed by atoms with Gasteiger partial charge in [0.25, 0.3) is 0 Å². The lowest BCUT2D eigenvalue weighted by Gasteiger charge is -2.27. The van der Waals surface area contributed by atoms with E-state index in [1.165, 1.54) is 0 Å². The number of likely N-dealkylation sites (tertiary alicyclic amines) is 1. The molecule has 7 heteroatoms. The van der Waals surface area contributed by atoms with Gasteiger partial charge in [0.2, 0.25) is 23.6 Å². The van der Waals surface area contributed by atoms with Crippen LogP contribution < -0.4 is 11.1 Å². The highest BCUT2D eigenvalue weighted by Crippen LogP contribution is 2.20. The fourth-order valence-corrected chi connectivity index (χ4v) is 1.93. The van der Waals surface area contributed by atoms with E-state index in [0.717, 1.165) is 4.90 Å². The van der Waals surface area contributed by atoms with Gasteiger partial charge in [-0.1, -0.05) is 0 Å². The molecule has 0 saturated carbocycles. The van der Waals surface area contributed by atoms with E-state index in [9.17, 15) is 19.2 Å². The summed E-state index contributed by atoms with van der Waals surface area (Å²) in [6, 6.07) is -1.75. The van der Waals surface area contributed by atoms with Crippen LogP contribution in [0.2, 0.25) is 0 Å². The second-order valence-corrected chi connectivity index (χ2v) is 3.88. The van der Waals surface area contributed by atoms with Crippen LogP contribution in [-0.4, -0.2) is 40.6 Å². The molecule has 2 unspecified atom stereocenters. The molecule has 16 heavy (non-hydrogen) atoms. The van der Waals surface area contributed by atoms with E-state index in [0.29, 0.717) is 0 Å². The first-order valence-electron chi connectivity index (χ1n) is 4.96. The highest BCUT2D eigenvalue weighted by Gasteiger charge is 2.44. The lowest BCUT2D eigenvalue weighted by molar-refractivity contribution is -0.150. The van der Waals surface area contributed by atoms with Crippen LogP contribution in [0.1, 0.15) is 19.3 Å². The monoisotopic (exact) mass is 225 g/mol. The summed E-state index contributed by atoms with van der Waals surface area (Å²) in [7, 11) is 0. The van der Waals surface area contributed by atoms with Gasteiger partial charge in [-0.05, 0) is 6.42 Å². The van der Waals surface area contributed by atoms with Crippen molar-refractivity contribution in [1.82, 2.24) is 10.2 Å². The zero-order chi connectivity index (χ0) is 11.9. The summed E-state index contributed by atoms with van der Waals surface area (Å²) in [4.78, 5) is 46.3. The highest BCUT2D eigenvalue weighted by molar-refractivity contribution is 6.10. The molecular formula is C9H11N3O4. The number of carbonyl (C=O) groups excluding carboxylic acids is 4. The lowest BCUT2D eigenvalue weighted by Crippen LogP contribution is -2.55. The summed E-state index contributed by atoms with van der Waals surface area (Å²) in [5.74, 6) is -1.98. The van der Waals surface area contributed by atoms with E-state index >= 15 is 0 Å². The van der Waals surface area contributed by atoms with Crippen molar-refractivity contribution in [3.8, 4) is 0 Å². The normalized spacial score (nSPS) is 30.9. The van der Waals surface area contributed by atoms with Crippen LogP contribution in [0.15, 0.2) is 0 Å². The van der Waals surface area contributed by atoms with E-state index in [4.69, 9.17) is 5.73 Å². The Morgan fingerprint density at radius 2 is 1.94 bits per heavy atom. The maximum Gasteiger partial charge on any atom is 0.249 e. The van der Waals surface area contributed by atoms with Gasteiger partial charge in [-0.3, -0.25) is 29.4 Å². The number of carbonyl (C=O) groups is 4. The fraction of sp³-hybridized carbons (Fsp3) is 0.556. The quantitative estimate of drug-likeness (QED) is 0.496. The van der Waals surface area contributed by atoms with E-state index in [2.05, 4.69) is 5.32 Å². The molecule has 2 aliphatic heterocycles. The maximum atomic E-state index is 11.6. The Labute approximate surface area is 90.9 Å². The SMILES string of the molecule is NC1CC(=O)N(C2CCC(=O)NC2=O)C1=O. The van der Waals surface area contributed by atoms with E-state index in [1.54, 1.807) is 0 Å². The van der Waals surface area contributed by atoms with Gasteiger partial charge in [-0.15, -0.1) is 0 Å². The van der Waals surface area contributed by atoms with Crippen molar-refractivity contribution in [2.45, 2.75) is 31.3 Å². The Bertz CT molecular complexity index is 392. The molecule has 0 spiro atoms. The molecule has 0 aromatic rings. The third kappa shape index (κ3) is 1.58. The molecule has 2 saturated heterocycles. The van der Waals surface area contributed by atoms with E-state index in [1.807, 2.05) is 0 Å². The molecule has 7 nitrogen and oxygen atoms in total. The summed E-state index contributed by atoms with van der Waals surface area (Å²) in [6.07, 6.45) is 0.230. The number of rotatable bonds is 1. The van der Waals surface area contributed by atoms with Crippen molar-refractivity contribution in [1.29, 1.82) is 0 Å². The largest absolute Gasteiger partial charge is 0.319 e. The minimum Gasteiger partial charge on any atom is -0.319 e. The Morgan fingerprint density at radius 3 is 2.44 bits per heavy atom. The number of amides is 4. The maximum absolute atomic E-state index is 11.6. The molecule has 0 aromatic carbocycles. The van der Waals surface area contributed by atoms with Crippen LogP contribution >= 0.6 is 0 Å². The third-order valence-corrected chi connectivity index (χ3v) is 2.74. The van der Waals surface area contributed by atoms with Crippen molar-refractivity contribution < 1.29 is 19.2 Å². The molecule has 0 aliphatic carbocycles. The predicted octanol–water partition coefficient (Wildman–Crippen LogP) is -2.12. The summed E-state index contributed by atoms with van der Waals surface area (Å²) >= 11 is 0. The van der Waals surface area contributed by atoms with Gasteiger partial charge in [-0.2, -0.15) is 0 Å². The van der Waals surface area contributed by atoms with Crippen molar-refractivity contribution in [3.05, 3.63) is 0 Å². The fourth-order valence-electron chi connectivity index (χ4n) is 1.93. The van der Waals surface area contributed by atoms with Gasteiger partial charge in [0.1, 0.15) is 6.04 Å². The number of hydrogen-bond donors (Lipinski definition) is 2. The molecule has 2 fully saturated rings. The smallest absolute Gasteiger partial charge is 0.249 e. The molecule has 4 amide bonds. The molecule has 2 atom stereocenters. The lowest BCUT2D eigenvalue weighted by atomic mass is 10.0. The molecule has 86 valence electrons. The predicted molar refractivity (Wildman–Crippen MR) is 50.6 cm³/mol. The second kappa shape index (κ2) is 3.67. The Balaban J connectivity index is 2.19. The van der Waals surface area contributed by atoms with E-state index < -0.39 is 29.8 Å². The van der Waals surface area contributed by atoms with Crippen molar-refractivity contribution in [3.63, 3.8) is 0 Å². The van der Waals surface area contributed by atoms with Gasteiger partial charge in [0, 0.05) is 6.42 Å². The summed E-state index contributed by atoms with van der Waals surface area (Å²) in [6.45, 7) is 0. The van der Waals surface area contributed by atoms with Crippen LogP contribution in [0, 0.1) is 0 Å². The zero-order valence-electron chi connectivity index (χ0n) is 8.43. The van der Waals surface area contributed by atoms with Crippen LogP contribution in [0.5, 0.6) is 0 Å². The number of nitrogens with zero attached hydrogens (tertiary/aromatic N) is 1. The van der Waals surface area contributed by atoms with Crippen LogP contribution in [-0.2, 0) is 19.2 Å². The van der Waals surface area contributed by atoms with Gasteiger partial charge >= 0.3 is 0 Å². The molecule has 3 N–H and O–H groups in total. The molecular weight excluding hydrogens is 214 g/mol. The average molecular weight is 225 g/mol. The van der Waals surface area contributed by atoms with Gasteiger partial charge in [0.05, 0.1) is 12.5 Å². The average Bonchev–Trinajstić information content (AvgIpc) is 2.43. The summed E-state index contributed by atoms with van der Waals surface area (Å²) in [5.41, 5.74) is 5.43. The Hall–Kier alpha value is -1.76. The zero-order valence-corrected chi connectivity index (χ0v) is 8.43. The van der Waals surface area contributed by atoms with E-state index in [-0.39, 0.29) is 25.2 Å². The molecule has 0 bridgehead atoms. The summed E-state index contributed by atoms with van der Waals surface area (Å²) < 4.78 is 0. The first-order chi connectivity index (χ1) is 7.50. The number of imide groups is 2. The first-order valence-corrected chi connectivity index (χ1v) is 4.96. The van der Waals surface area contributed by atoms with Gasteiger partial charge < -0.3 is 5.73 Å². The third-order valence-electron chi connectivity index (χ3n) is 2.74. The number of piperidine rings is 1. The number of nitrogens with two attached hydrogens (primary N) is 1. The first kappa shape index (κ1) is 10.7.